The minimum Gasteiger partial charge on any atom is -0.477 e. The fraction of sp³-hybridized carbons (Fsp3) is 0.0714. The number of alkyl halides is 3. The summed E-state index contributed by atoms with van der Waals surface area (Å²) in [5.41, 5.74) is -0.902. The van der Waals surface area contributed by atoms with Gasteiger partial charge in [0.1, 0.15) is 11.3 Å². The molecule has 4 nitrogen and oxygen atoms in total. The van der Waals surface area contributed by atoms with E-state index in [1.807, 2.05) is 0 Å². The topological polar surface area (TPSA) is 66.2 Å². The second-order valence-electron chi connectivity index (χ2n) is 4.42. The number of aromatic nitrogens is 1. The average molecular weight is 295 g/mol. The number of benzene rings is 1. The predicted molar refractivity (Wildman–Crippen MR) is 68.0 cm³/mol. The largest absolute Gasteiger partial charge is 0.477 e. The number of halogens is 3. The zero-order valence-corrected chi connectivity index (χ0v) is 10.4. The summed E-state index contributed by atoms with van der Waals surface area (Å²) >= 11 is 0. The van der Waals surface area contributed by atoms with Crippen LogP contribution in [0.3, 0.4) is 0 Å². The predicted octanol–water partition coefficient (Wildman–Crippen LogP) is 4.14. The highest BCUT2D eigenvalue weighted by Gasteiger charge is 2.34. The van der Waals surface area contributed by atoms with Crippen molar-refractivity contribution in [2.45, 2.75) is 6.18 Å². The summed E-state index contributed by atoms with van der Waals surface area (Å²) in [5.74, 6) is -1.01. The summed E-state index contributed by atoms with van der Waals surface area (Å²) in [4.78, 5) is 13.4. The molecular weight excluding hydrogens is 287 g/mol. The van der Waals surface area contributed by atoms with Crippen molar-refractivity contribution in [1.29, 1.82) is 0 Å². The van der Waals surface area contributed by atoms with E-state index in [0.29, 0.717) is 11.1 Å². The number of H-pyrrole nitrogens is 1. The van der Waals surface area contributed by atoms with Gasteiger partial charge in [0.05, 0.1) is 11.3 Å². The molecule has 0 atom stereocenters. The van der Waals surface area contributed by atoms with Crippen LogP contribution in [0, 0.1) is 0 Å². The summed E-state index contributed by atoms with van der Waals surface area (Å²) in [5, 5.41) is 9.12. The van der Waals surface area contributed by atoms with Crippen molar-refractivity contribution < 1.29 is 27.5 Å². The monoisotopic (exact) mass is 295 g/mol. The molecule has 21 heavy (non-hydrogen) atoms. The minimum absolute atomic E-state index is 0.0681. The highest BCUT2D eigenvalue weighted by atomic mass is 19.4. The first-order chi connectivity index (χ1) is 9.86. The Bertz CT molecular complexity index is 829. The van der Waals surface area contributed by atoms with E-state index in [1.54, 1.807) is 0 Å². The molecule has 0 spiro atoms. The van der Waals surface area contributed by atoms with Gasteiger partial charge in [0.25, 0.3) is 0 Å². The van der Waals surface area contributed by atoms with E-state index in [-0.39, 0.29) is 17.0 Å². The van der Waals surface area contributed by atoms with E-state index < -0.39 is 17.7 Å². The van der Waals surface area contributed by atoms with Gasteiger partial charge in [-0.25, -0.2) is 4.79 Å². The van der Waals surface area contributed by atoms with Gasteiger partial charge in [0.2, 0.25) is 0 Å². The number of furan rings is 1. The van der Waals surface area contributed by atoms with Crippen LogP contribution in [0.4, 0.5) is 13.2 Å². The van der Waals surface area contributed by atoms with Crippen molar-refractivity contribution in [3.8, 4) is 11.5 Å². The van der Waals surface area contributed by atoms with Gasteiger partial charge < -0.3 is 14.5 Å². The van der Waals surface area contributed by atoms with Crippen LogP contribution in [0.2, 0.25) is 0 Å². The molecule has 1 aromatic carbocycles. The minimum atomic E-state index is -4.52. The molecule has 0 saturated carbocycles. The first kappa shape index (κ1) is 13.3. The van der Waals surface area contributed by atoms with Gasteiger partial charge in [-0.15, -0.1) is 0 Å². The number of aromatic carboxylic acids is 1. The van der Waals surface area contributed by atoms with Crippen molar-refractivity contribution in [2.75, 3.05) is 0 Å². The maximum atomic E-state index is 12.9. The number of hydrogen-bond acceptors (Lipinski definition) is 2. The van der Waals surface area contributed by atoms with Crippen LogP contribution in [-0.2, 0) is 6.18 Å². The number of rotatable bonds is 2. The molecule has 0 bridgehead atoms. The van der Waals surface area contributed by atoms with Crippen LogP contribution >= 0.6 is 0 Å². The molecule has 0 aliphatic rings. The quantitative estimate of drug-likeness (QED) is 0.746. The number of aromatic amines is 1. The number of fused-ring (bicyclic) bond motifs is 1. The summed E-state index contributed by atoms with van der Waals surface area (Å²) in [6.07, 6.45) is -4.52. The molecule has 2 aromatic heterocycles. The second-order valence-corrected chi connectivity index (χ2v) is 4.42. The van der Waals surface area contributed by atoms with Crippen molar-refractivity contribution in [1.82, 2.24) is 4.98 Å². The van der Waals surface area contributed by atoms with Gasteiger partial charge >= 0.3 is 12.1 Å². The molecule has 0 aliphatic carbocycles. The second kappa shape index (κ2) is 4.41. The molecule has 2 N–H and O–H groups in total. The zero-order chi connectivity index (χ0) is 15.2. The highest BCUT2D eigenvalue weighted by Crippen LogP contribution is 2.37. The third-order valence-corrected chi connectivity index (χ3v) is 3.03. The van der Waals surface area contributed by atoms with Crippen LogP contribution in [0.1, 0.15) is 16.1 Å². The molecule has 0 fully saturated rings. The fourth-order valence-corrected chi connectivity index (χ4v) is 2.08. The number of carboxylic acid groups (broad SMARTS) is 1. The maximum Gasteiger partial charge on any atom is 0.420 e. The maximum absolute atomic E-state index is 12.9. The lowest BCUT2D eigenvalue weighted by atomic mass is 10.1. The normalized spacial score (nSPS) is 12.0. The van der Waals surface area contributed by atoms with Gasteiger partial charge in [-0.1, -0.05) is 12.1 Å². The highest BCUT2D eigenvalue weighted by molar-refractivity contribution is 5.88. The molecule has 108 valence electrons. The van der Waals surface area contributed by atoms with E-state index in [9.17, 15) is 18.0 Å². The van der Waals surface area contributed by atoms with Gasteiger partial charge in [0.15, 0.2) is 5.76 Å². The Morgan fingerprint density at radius 2 is 1.95 bits per heavy atom. The van der Waals surface area contributed by atoms with E-state index in [0.717, 1.165) is 6.07 Å². The Morgan fingerprint density at radius 1 is 1.19 bits per heavy atom. The van der Waals surface area contributed by atoms with Crippen molar-refractivity contribution in [3.63, 3.8) is 0 Å². The first-order valence-corrected chi connectivity index (χ1v) is 5.88. The van der Waals surface area contributed by atoms with Crippen molar-refractivity contribution in [2.24, 2.45) is 0 Å². The Kier molecular flexibility index (Phi) is 2.79. The van der Waals surface area contributed by atoms with Crippen LogP contribution in [0.15, 0.2) is 40.8 Å². The van der Waals surface area contributed by atoms with E-state index >= 15 is 0 Å². The number of hydrogen-bond donors (Lipinski definition) is 2. The lowest BCUT2D eigenvalue weighted by Gasteiger charge is -2.05. The Labute approximate surface area is 115 Å². The van der Waals surface area contributed by atoms with Crippen molar-refractivity contribution >= 4 is 16.9 Å². The molecule has 0 unspecified atom stereocenters. The number of carboxylic acids is 1. The molecular formula is C14H8F3NO3. The lowest BCUT2D eigenvalue weighted by molar-refractivity contribution is -0.136. The van der Waals surface area contributed by atoms with E-state index in [4.69, 9.17) is 9.52 Å². The van der Waals surface area contributed by atoms with Crippen LogP contribution in [-0.4, -0.2) is 16.1 Å². The van der Waals surface area contributed by atoms with Gasteiger partial charge in [-0.3, -0.25) is 0 Å². The molecule has 0 amide bonds. The summed E-state index contributed by atoms with van der Waals surface area (Å²) in [6, 6.07) is 7.92. The van der Waals surface area contributed by atoms with Gasteiger partial charge in [0, 0.05) is 5.39 Å². The summed E-state index contributed by atoms with van der Waals surface area (Å²) in [6.45, 7) is 0. The first-order valence-electron chi connectivity index (χ1n) is 5.88. The molecule has 0 saturated heterocycles. The number of nitrogens with one attached hydrogen (secondary N) is 1. The Hall–Kier alpha value is -2.70. The summed E-state index contributed by atoms with van der Waals surface area (Å²) < 4.78 is 43.9. The zero-order valence-electron chi connectivity index (χ0n) is 10.4. The Morgan fingerprint density at radius 3 is 2.57 bits per heavy atom. The Balaban J connectivity index is 2.15. The molecule has 2 heterocycles. The summed E-state index contributed by atoms with van der Waals surface area (Å²) in [7, 11) is 0. The average Bonchev–Trinajstić information content (AvgIpc) is 3.03. The third kappa shape index (κ3) is 2.26. The van der Waals surface area contributed by atoms with Gasteiger partial charge in [-0.05, 0) is 24.3 Å². The van der Waals surface area contributed by atoms with Crippen LogP contribution in [0.5, 0.6) is 0 Å². The SMILES string of the molecule is O=C(O)c1ccc(-c2cc3cccc(C(F)(F)F)c3o2)[nH]1. The molecule has 0 radical (unpaired) electrons. The fourth-order valence-electron chi connectivity index (χ4n) is 2.08. The number of carbonyl (C=O) groups is 1. The van der Waals surface area contributed by atoms with E-state index in [1.165, 1.54) is 30.3 Å². The van der Waals surface area contributed by atoms with E-state index in [2.05, 4.69) is 4.98 Å². The van der Waals surface area contributed by atoms with Gasteiger partial charge in [-0.2, -0.15) is 13.2 Å². The van der Waals surface area contributed by atoms with Crippen LogP contribution in [0.25, 0.3) is 22.4 Å². The number of para-hydroxylation sites is 1. The standard InChI is InChI=1S/C14H8F3NO3/c15-14(16,17)8-3-1-2-7-6-11(21-12(7)8)9-4-5-10(18-9)13(19)20/h1-6,18H,(H,19,20). The molecule has 0 aliphatic heterocycles. The third-order valence-electron chi connectivity index (χ3n) is 3.03. The smallest absolute Gasteiger partial charge is 0.420 e. The molecule has 7 heteroatoms. The lowest BCUT2D eigenvalue weighted by Crippen LogP contribution is -2.04. The van der Waals surface area contributed by atoms with Crippen molar-refractivity contribution in [3.05, 3.63) is 47.7 Å². The molecule has 3 aromatic rings. The van der Waals surface area contributed by atoms with Crippen LogP contribution < -0.4 is 0 Å². The molecule has 3 rings (SSSR count).